The Labute approximate surface area is 141 Å². The first-order valence-corrected chi connectivity index (χ1v) is 8.25. The van der Waals surface area contributed by atoms with Crippen molar-refractivity contribution in [2.45, 2.75) is 52.5 Å². The van der Waals surface area contributed by atoms with Crippen molar-refractivity contribution in [1.29, 1.82) is 0 Å². The number of imidazole rings is 1. The average Bonchev–Trinajstić information content (AvgIpc) is 2.91. The van der Waals surface area contributed by atoms with Gasteiger partial charge in [-0.05, 0) is 32.3 Å². The third-order valence-electron chi connectivity index (χ3n) is 4.14. The maximum absolute atomic E-state index is 12.4. The van der Waals surface area contributed by atoms with Crippen LogP contribution >= 0.6 is 0 Å². The number of aryl methyl sites for hydroxylation is 3. The van der Waals surface area contributed by atoms with Crippen LogP contribution in [-0.2, 0) is 18.3 Å². The van der Waals surface area contributed by atoms with Gasteiger partial charge in [-0.3, -0.25) is 4.79 Å². The van der Waals surface area contributed by atoms with E-state index < -0.39 is 0 Å². The van der Waals surface area contributed by atoms with Gasteiger partial charge in [-0.25, -0.2) is 9.78 Å². The lowest BCUT2D eigenvalue weighted by molar-refractivity contribution is -0.121. The fourth-order valence-corrected chi connectivity index (χ4v) is 2.90. The minimum Gasteiger partial charge on any atom is -0.346 e. The second-order valence-corrected chi connectivity index (χ2v) is 6.04. The first-order valence-electron chi connectivity index (χ1n) is 8.25. The fraction of sp³-hybridized carbons (Fsp3) is 0.529. The van der Waals surface area contributed by atoms with E-state index in [2.05, 4.69) is 27.2 Å². The van der Waals surface area contributed by atoms with Gasteiger partial charge >= 0.3 is 5.69 Å². The van der Waals surface area contributed by atoms with E-state index >= 15 is 0 Å². The summed E-state index contributed by atoms with van der Waals surface area (Å²) in [7, 11) is 1.93. The molecule has 0 radical (unpaired) electrons. The molecule has 1 unspecified atom stereocenters. The number of aromatic nitrogens is 4. The highest BCUT2D eigenvalue weighted by molar-refractivity contribution is 5.76. The third-order valence-corrected chi connectivity index (χ3v) is 4.14. The highest BCUT2D eigenvalue weighted by Crippen LogP contribution is 2.17. The van der Waals surface area contributed by atoms with E-state index in [9.17, 15) is 9.59 Å². The topological polar surface area (TPSA) is 92.7 Å². The summed E-state index contributed by atoms with van der Waals surface area (Å²) in [5.41, 5.74) is 2.03. The summed E-state index contributed by atoms with van der Waals surface area (Å²) in [4.78, 5) is 34.6. The largest absolute Gasteiger partial charge is 0.346 e. The van der Waals surface area contributed by atoms with Crippen LogP contribution in [0.5, 0.6) is 0 Å². The molecule has 2 heterocycles. The number of H-pyrrole nitrogens is 1. The molecule has 0 fully saturated rings. The molecule has 2 N–H and O–H groups in total. The van der Waals surface area contributed by atoms with Gasteiger partial charge in [-0.15, -0.1) is 0 Å². The lowest BCUT2D eigenvalue weighted by Crippen LogP contribution is -2.30. The van der Waals surface area contributed by atoms with Crippen LogP contribution in [0.2, 0.25) is 0 Å². The van der Waals surface area contributed by atoms with Crippen LogP contribution in [0.25, 0.3) is 0 Å². The van der Waals surface area contributed by atoms with Crippen molar-refractivity contribution in [1.82, 2.24) is 24.8 Å². The molecule has 7 nitrogen and oxygen atoms in total. The van der Waals surface area contributed by atoms with Gasteiger partial charge in [0.15, 0.2) is 0 Å². The molecule has 1 amide bonds. The van der Waals surface area contributed by atoms with E-state index in [1.54, 1.807) is 13.1 Å². The van der Waals surface area contributed by atoms with Gasteiger partial charge in [0.1, 0.15) is 5.82 Å². The number of carbonyl (C=O) groups is 1. The molecule has 2 aromatic rings. The van der Waals surface area contributed by atoms with E-state index in [-0.39, 0.29) is 17.6 Å². The van der Waals surface area contributed by atoms with E-state index in [1.807, 2.05) is 24.7 Å². The van der Waals surface area contributed by atoms with Crippen molar-refractivity contribution in [3.05, 3.63) is 45.7 Å². The minimum atomic E-state index is -0.351. The molecule has 130 valence electrons. The van der Waals surface area contributed by atoms with Crippen LogP contribution in [-0.4, -0.2) is 25.4 Å². The molecule has 7 heteroatoms. The molecule has 2 aromatic heterocycles. The minimum absolute atomic E-state index is 0.0264. The van der Waals surface area contributed by atoms with Crippen LogP contribution in [0.1, 0.15) is 55.0 Å². The van der Waals surface area contributed by atoms with Gasteiger partial charge in [0.05, 0.1) is 6.04 Å². The normalized spacial score (nSPS) is 12.2. The van der Waals surface area contributed by atoms with Crippen molar-refractivity contribution < 1.29 is 4.79 Å². The quantitative estimate of drug-likeness (QED) is 0.808. The summed E-state index contributed by atoms with van der Waals surface area (Å²) in [5, 5.41) is 3.07. The second kappa shape index (κ2) is 7.90. The summed E-state index contributed by atoms with van der Waals surface area (Å²) in [6, 6.07) is -0.0848. The Bertz CT molecular complexity index is 736. The number of amides is 1. The fourth-order valence-electron chi connectivity index (χ4n) is 2.90. The molecule has 0 bridgehead atoms. The number of nitrogens with one attached hydrogen (secondary N) is 2. The summed E-state index contributed by atoms with van der Waals surface area (Å²) < 4.78 is 1.93. The smallest absolute Gasteiger partial charge is 0.345 e. The molecule has 0 aliphatic rings. The maximum atomic E-state index is 12.4. The summed E-state index contributed by atoms with van der Waals surface area (Å²) >= 11 is 0. The first-order chi connectivity index (χ1) is 11.4. The van der Waals surface area contributed by atoms with Crippen molar-refractivity contribution >= 4 is 5.91 Å². The predicted octanol–water partition coefficient (Wildman–Crippen LogP) is 1.71. The van der Waals surface area contributed by atoms with Gasteiger partial charge in [0, 0.05) is 37.3 Å². The van der Waals surface area contributed by atoms with Gasteiger partial charge in [0.25, 0.3) is 0 Å². The number of hydrogen-bond donors (Lipinski definition) is 2. The van der Waals surface area contributed by atoms with Crippen LogP contribution in [0.3, 0.4) is 0 Å². The molecule has 0 aliphatic carbocycles. The van der Waals surface area contributed by atoms with Gasteiger partial charge in [-0.2, -0.15) is 4.98 Å². The molecule has 0 saturated heterocycles. The maximum Gasteiger partial charge on any atom is 0.345 e. The highest BCUT2D eigenvalue weighted by Gasteiger charge is 2.18. The van der Waals surface area contributed by atoms with Crippen LogP contribution in [0.15, 0.2) is 17.2 Å². The van der Waals surface area contributed by atoms with Crippen molar-refractivity contribution in [3.63, 3.8) is 0 Å². The van der Waals surface area contributed by atoms with Gasteiger partial charge in [-0.1, -0.05) is 13.3 Å². The SMILES string of the molecule is CCCC(NC(=O)CCc1c(C)nc(=O)[nH]c1C)c1nccn1C. The highest BCUT2D eigenvalue weighted by atomic mass is 16.1. The summed E-state index contributed by atoms with van der Waals surface area (Å²) in [6.07, 6.45) is 6.31. The van der Waals surface area contributed by atoms with Crippen LogP contribution < -0.4 is 11.0 Å². The Morgan fingerprint density at radius 1 is 1.42 bits per heavy atom. The number of carbonyl (C=O) groups excluding carboxylic acids is 1. The molecular formula is C17H25N5O2. The van der Waals surface area contributed by atoms with Crippen LogP contribution in [0.4, 0.5) is 0 Å². The number of nitrogens with zero attached hydrogens (tertiary/aromatic N) is 3. The second-order valence-electron chi connectivity index (χ2n) is 6.04. The Balaban J connectivity index is 2.02. The Hall–Kier alpha value is -2.44. The van der Waals surface area contributed by atoms with Crippen molar-refractivity contribution in [2.24, 2.45) is 7.05 Å². The Morgan fingerprint density at radius 2 is 2.17 bits per heavy atom. The van der Waals surface area contributed by atoms with Gasteiger partial charge in [0.2, 0.25) is 5.91 Å². The number of rotatable bonds is 7. The van der Waals surface area contributed by atoms with E-state index in [0.717, 1.165) is 29.9 Å². The summed E-state index contributed by atoms with van der Waals surface area (Å²) in [5.74, 6) is 0.838. The van der Waals surface area contributed by atoms with Crippen molar-refractivity contribution in [3.8, 4) is 0 Å². The Morgan fingerprint density at radius 3 is 2.75 bits per heavy atom. The summed E-state index contributed by atoms with van der Waals surface area (Å²) in [6.45, 7) is 5.71. The Kier molecular flexibility index (Phi) is 5.89. The molecule has 0 aromatic carbocycles. The first kappa shape index (κ1) is 17.9. The van der Waals surface area contributed by atoms with E-state index in [0.29, 0.717) is 18.5 Å². The van der Waals surface area contributed by atoms with E-state index in [4.69, 9.17) is 0 Å². The standard InChI is InChI=1S/C17H25N5O2/c1-5-6-14(16-18-9-10-22(16)4)21-15(23)8-7-13-11(2)19-17(24)20-12(13)3/h9-10,14H,5-8H2,1-4H3,(H,21,23)(H,19,20,24). The molecule has 1 atom stereocenters. The lowest BCUT2D eigenvalue weighted by atomic mass is 10.1. The van der Waals surface area contributed by atoms with E-state index in [1.165, 1.54) is 0 Å². The molecule has 24 heavy (non-hydrogen) atoms. The average molecular weight is 331 g/mol. The van der Waals surface area contributed by atoms with Crippen molar-refractivity contribution in [2.75, 3.05) is 0 Å². The number of hydrogen-bond acceptors (Lipinski definition) is 4. The zero-order valence-electron chi connectivity index (χ0n) is 14.7. The third kappa shape index (κ3) is 4.31. The molecule has 0 spiro atoms. The monoisotopic (exact) mass is 331 g/mol. The molecule has 2 rings (SSSR count). The molecule has 0 saturated carbocycles. The van der Waals surface area contributed by atoms with Gasteiger partial charge < -0.3 is 14.9 Å². The molecular weight excluding hydrogens is 306 g/mol. The molecule has 0 aliphatic heterocycles. The predicted molar refractivity (Wildman–Crippen MR) is 91.7 cm³/mol. The number of aromatic amines is 1. The zero-order chi connectivity index (χ0) is 17.7. The lowest BCUT2D eigenvalue weighted by Gasteiger charge is -2.18. The zero-order valence-corrected chi connectivity index (χ0v) is 14.7. The van der Waals surface area contributed by atoms with Crippen LogP contribution in [0, 0.1) is 13.8 Å².